The maximum atomic E-state index is 12.5. The van der Waals surface area contributed by atoms with E-state index in [1.807, 2.05) is 0 Å². The third kappa shape index (κ3) is 11.2. The Labute approximate surface area is 174 Å². The number of nitrogens with two attached hydrogens (primary N) is 3. The lowest BCUT2D eigenvalue weighted by Crippen LogP contribution is -2.57. The van der Waals surface area contributed by atoms with Crippen LogP contribution in [0.4, 0.5) is 0 Å². The van der Waals surface area contributed by atoms with Crippen molar-refractivity contribution in [1.29, 1.82) is 0 Å². The highest BCUT2D eigenvalue weighted by Gasteiger charge is 2.29. The Morgan fingerprint density at radius 2 is 1.53 bits per heavy atom. The summed E-state index contributed by atoms with van der Waals surface area (Å²) in [5.41, 5.74) is 15.7. The van der Waals surface area contributed by atoms with Crippen LogP contribution in [0.3, 0.4) is 0 Å². The van der Waals surface area contributed by atoms with Gasteiger partial charge < -0.3 is 43.4 Å². The topological polar surface area (TPSA) is 235 Å². The van der Waals surface area contributed by atoms with Crippen LogP contribution in [0.2, 0.25) is 0 Å². The zero-order valence-electron chi connectivity index (χ0n) is 17.3. The van der Waals surface area contributed by atoms with Gasteiger partial charge in [-0.3, -0.25) is 19.4 Å². The van der Waals surface area contributed by atoms with Crippen molar-refractivity contribution < 1.29 is 29.4 Å². The van der Waals surface area contributed by atoms with E-state index in [4.69, 9.17) is 17.2 Å². The van der Waals surface area contributed by atoms with E-state index in [2.05, 4.69) is 20.9 Å². The van der Waals surface area contributed by atoms with Crippen molar-refractivity contribution in [3.8, 4) is 0 Å². The number of aliphatic hydroxyl groups is 1. The smallest absolute Gasteiger partial charge is 0.326 e. The van der Waals surface area contributed by atoms with Gasteiger partial charge in [-0.25, -0.2) is 4.79 Å². The van der Waals surface area contributed by atoms with E-state index in [1.54, 1.807) is 13.8 Å². The van der Waals surface area contributed by atoms with Crippen molar-refractivity contribution in [3.05, 3.63) is 0 Å². The van der Waals surface area contributed by atoms with Gasteiger partial charge in [0.1, 0.15) is 18.1 Å². The van der Waals surface area contributed by atoms with Crippen LogP contribution in [-0.2, 0) is 19.2 Å². The summed E-state index contributed by atoms with van der Waals surface area (Å²) in [6, 6.07) is -3.62. The van der Waals surface area contributed by atoms with Crippen LogP contribution in [-0.4, -0.2) is 77.7 Å². The summed E-state index contributed by atoms with van der Waals surface area (Å²) < 4.78 is 0. The molecule has 11 N–H and O–H groups in total. The predicted octanol–water partition coefficient (Wildman–Crippen LogP) is -3.42. The normalized spacial score (nSPS) is 13.6. The first kappa shape index (κ1) is 27.1. The first-order chi connectivity index (χ1) is 14.0. The molecular formula is C17H33N7O6. The van der Waals surface area contributed by atoms with Crippen molar-refractivity contribution in [2.75, 3.05) is 19.7 Å². The molecule has 0 rings (SSSR count). The summed E-state index contributed by atoms with van der Waals surface area (Å²) in [4.78, 5) is 51.6. The number of carbonyl (C=O) groups is 4. The fraction of sp³-hybridized carbons (Fsp3) is 0.706. The van der Waals surface area contributed by atoms with Gasteiger partial charge in [-0.05, 0) is 25.2 Å². The second kappa shape index (κ2) is 14.1. The Hall–Kier alpha value is -2.93. The summed E-state index contributed by atoms with van der Waals surface area (Å²) in [7, 11) is 0. The zero-order chi connectivity index (χ0) is 23.3. The monoisotopic (exact) mass is 431 g/mol. The number of amides is 3. The van der Waals surface area contributed by atoms with Crippen molar-refractivity contribution in [3.63, 3.8) is 0 Å². The first-order valence-corrected chi connectivity index (χ1v) is 9.51. The average Bonchev–Trinajstić information content (AvgIpc) is 2.66. The van der Waals surface area contributed by atoms with Crippen molar-refractivity contribution in [1.82, 2.24) is 16.0 Å². The van der Waals surface area contributed by atoms with Gasteiger partial charge in [0, 0.05) is 6.54 Å². The Morgan fingerprint density at radius 3 is 2.00 bits per heavy atom. The molecule has 3 amide bonds. The van der Waals surface area contributed by atoms with Crippen LogP contribution in [0, 0.1) is 5.92 Å². The molecule has 0 aromatic carbocycles. The summed E-state index contributed by atoms with van der Waals surface area (Å²) in [6.07, 6.45) is 0.651. The van der Waals surface area contributed by atoms with Gasteiger partial charge in [0.25, 0.3) is 0 Å². The van der Waals surface area contributed by atoms with Crippen molar-refractivity contribution >= 4 is 29.7 Å². The molecule has 0 aliphatic rings. The van der Waals surface area contributed by atoms with Gasteiger partial charge in [-0.2, -0.15) is 0 Å². The lowest BCUT2D eigenvalue weighted by Gasteiger charge is -2.23. The molecule has 0 radical (unpaired) electrons. The lowest BCUT2D eigenvalue weighted by molar-refractivity contribution is -0.143. The zero-order valence-corrected chi connectivity index (χ0v) is 17.3. The van der Waals surface area contributed by atoms with Gasteiger partial charge in [0.05, 0.1) is 13.2 Å². The van der Waals surface area contributed by atoms with Crippen molar-refractivity contribution in [2.45, 2.75) is 51.2 Å². The van der Waals surface area contributed by atoms with Gasteiger partial charge in [-0.15, -0.1) is 0 Å². The SMILES string of the molecule is CC(C)CC(NC(=O)C(CO)NC(=O)C(CCCN=C(N)N)NC(=O)CN)C(=O)O. The van der Waals surface area contributed by atoms with Crippen LogP contribution in [0.15, 0.2) is 4.99 Å². The van der Waals surface area contributed by atoms with E-state index < -0.39 is 48.4 Å². The van der Waals surface area contributed by atoms with Gasteiger partial charge in [0.2, 0.25) is 17.7 Å². The van der Waals surface area contributed by atoms with Crippen LogP contribution in [0.1, 0.15) is 33.1 Å². The molecule has 0 fully saturated rings. The molecule has 0 bridgehead atoms. The highest BCUT2D eigenvalue weighted by Crippen LogP contribution is 2.06. The number of nitrogens with zero attached hydrogens (tertiary/aromatic N) is 1. The minimum atomic E-state index is -1.40. The summed E-state index contributed by atoms with van der Waals surface area (Å²) in [6.45, 7) is 2.68. The molecule has 13 nitrogen and oxygen atoms in total. The lowest BCUT2D eigenvalue weighted by atomic mass is 10.0. The number of hydrogen-bond donors (Lipinski definition) is 8. The number of carboxylic acid groups (broad SMARTS) is 1. The third-order valence-electron chi connectivity index (χ3n) is 3.92. The Morgan fingerprint density at radius 1 is 0.967 bits per heavy atom. The van der Waals surface area contributed by atoms with E-state index in [0.717, 1.165) is 0 Å². The summed E-state index contributed by atoms with van der Waals surface area (Å²) in [5, 5.41) is 25.7. The molecule has 0 saturated carbocycles. The van der Waals surface area contributed by atoms with Crippen LogP contribution >= 0.6 is 0 Å². The number of carboxylic acids is 1. The maximum absolute atomic E-state index is 12.5. The van der Waals surface area contributed by atoms with Gasteiger partial charge >= 0.3 is 5.97 Å². The Bertz CT molecular complexity index is 622. The van der Waals surface area contributed by atoms with Crippen LogP contribution in [0.25, 0.3) is 0 Å². The molecule has 0 aromatic rings. The number of aliphatic imine (C=N–C) groups is 1. The largest absolute Gasteiger partial charge is 0.480 e. The molecular weight excluding hydrogens is 398 g/mol. The number of rotatable bonds is 14. The average molecular weight is 431 g/mol. The fourth-order valence-corrected chi connectivity index (χ4v) is 2.46. The molecule has 13 heteroatoms. The molecule has 0 aromatic heterocycles. The molecule has 0 aliphatic heterocycles. The maximum Gasteiger partial charge on any atom is 0.326 e. The number of guanidine groups is 1. The molecule has 0 saturated heterocycles. The second-order valence-electron chi connectivity index (χ2n) is 7.05. The summed E-state index contributed by atoms with van der Waals surface area (Å²) >= 11 is 0. The van der Waals surface area contributed by atoms with Gasteiger partial charge in [0.15, 0.2) is 5.96 Å². The minimum absolute atomic E-state index is 0.00496. The highest BCUT2D eigenvalue weighted by atomic mass is 16.4. The molecule has 30 heavy (non-hydrogen) atoms. The van der Waals surface area contributed by atoms with Crippen LogP contribution < -0.4 is 33.2 Å². The number of aliphatic hydroxyl groups excluding tert-OH is 1. The highest BCUT2D eigenvalue weighted by molar-refractivity contribution is 5.93. The standard InChI is InChI=1S/C17H33N7O6/c1-9(2)6-11(16(29)30)23-15(28)12(8-25)24-14(27)10(22-13(26)7-18)4-3-5-21-17(19)20/h9-12,25H,3-8,18H2,1-2H3,(H,22,26)(H,23,28)(H,24,27)(H,29,30)(H4,19,20,21). The van der Waals surface area contributed by atoms with E-state index >= 15 is 0 Å². The number of hydrogen-bond acceptors (Lipinski definition) is 7. The molecule has 3 atom stereocenters. The second-order valence-corrected chi connectivity index (χ2v) is 7.05. The molecule has 172 valence electrons. The fourth-order valence-electron chi connectivity index (χ4n) is 2.46. The molecule has 0 spiro atoms. The number of carbonyl (C=O) groups excluding carboxylic acids is 3. The van der Waals surface area contributed by atoms with E-state index in [-0.39, 0.29) is 37.8 Å². The molecule has 0 heterocycles. The number of aliphatic carboxylic acids is 1. The Kier molecular flexibility index (Phi) is 12.7. The first-order valence-electron chi connectivity index (χ1n) is 9.51. The van der Waals surface area contributed by atoms with E-state index in [0.29, 0.717) is 6.42 Å². The Balaban J connectivity index is 5.10. The minimum Gasteiger partial charge on any atom is -0.480 e. The van der Waals surface area contributed by atoms with Crippen LogP contribution in [0.5, 0.6) is 0 Å². The predicted molar refractivity (Wildman–Crippen MR) is 109 cm³/mol. The number of nitrogens with one attached hydrogen (secondary N) is 3. The summed E-state index contributed by atoms with van der Waals surface area (Å²) in [5.74, 6) is -3.55. The van der Waals surface area contributed by atoms with E-state index in [1.165, 1.54) is 0 Å². The third-order valence-corrected chi connectivity index (χ3v) is 3.92. The quantitative estimate of drug-likeness (QED) is 0.0775. The molecule has 3 unspecified atom stereocenters. The molecule has 0 aliphatic carbocycles. The van der Waals surface area contributed by atoms with Crippen molar-refractivity contribution in [2.24, 2.45) is 28.1 Å². The van der Waals surface area contributed by atoms with E-state index in [9.17, 15) is 29.4 Å². The van der Waals surface area contributed by atoms with Gasteiger partial charge in [-0.1, -0.05) is 13.8 Å².